The number of furan rings is 2. The van der Waals surface area contributed by atoms with E-state index >= 15 is 0 Å². The first-order chi connectivity index (χ1) is 24.3. The Morgan fingerprint density at radius 2 is 1.10 bits per heavy atom. The largest absolute Gasteiger partial charge is 0.454 e. The number of benzene rings is 7. The van der Waals surface area contributed by atoms with Gasteiger partial charge in [-0.15, -0.1) is 0 Å². The van der Waals surface area contributed by atoms with Crippen LogP contribution in [0.25, 0.3) is 105 Å². The van der Waals surface area contributed by atoms with Crippen molar-refractivity contribution in [3.8, 4) is 27.9 Å². The molecule has 0 aliphatic rings. The van der Waals surface area contributed by atoms with Gasteiger partial charge in [-0.05, 0) is 65.2 Å². The van der Waals surface area contributed by atoms with Gasteiger partial charge in [-0.1, -0.05) is 109 Å². The average molecular weight is 627 g/mol. The normalized spacial score (nSPS) is 12.1. The highest BCUT2D eigenvalue weighted by atomic mass is 16.3. The number of nitrogens with zero attached hydrogens (tertiary/aromatic N) is 2. The molecule has 0 saturated carbocycles. The fraction of sp³-hybridized carbons (Fsp3) is 0. The number of hydrogen-bond acceptors (Lipinski definition) is 3. The van der Waals surface area contributed by atoms with Crippen molar-refractivity contribution in [3.63, 3.8) is 0 Å². The maximum absolute atomic E-state index is 6.60. The molecule has 0 N–H and O–H groups in total. The lowest BCUT2D eigenvalue weighted by Crippen LogP contribution is -1.95. The molecule has 0 aliphatic heterocycles. The van der Waals surface area contributed by atoms with Crippen LogP contribution in [0, 0.1) is 0 Å². The molecule has 228 valence electrons. The minimum atomic E-state index is 0.658. The molecule has 4 aromatic heterocycles. The van der Waals surface area contributed by atoms with Gasteiger partial charge in [0, 0.05) is 43.6 Å². The highest BCUT2D eigenvalue weighted by Gasteiger charge is 2.20. The van der Waals surface area contributed by atoms with E-state index in [0.717, 1.165) is 88.2 Å². The molecular formula is C45H26N2O2. The molecule has 0 aliphatic carbocycles. The van der Waals surface area contributed by atoms with Gasteiger partial charge in [0.05, 0.1) is 21.9 Å². The topological polar surface area (TPSA) is 44.1 Å². The molecule has 0 atom stereocenters. The summed E-state index contributed by atoms with van der Waals surface area (Å²) >= 11 is 0. The van der Waals surface area contributed by atoms with Gasteiger partial charge in [-0.2, -0.15) is 0 Å². The first-order valence-electron chi connectivity index (χ1n) is 16.5. The number of aromatic nitrogens is 2. The molecule has 0 saturated heterocycles. The van der Waals surface area contributed by atoms with Crippen LogP contribution in [0.3, 0.4) is 0 Å². The van der Waals surface area contributed by atoms with Crippen molar-refractivity contribution in [2.75, 3.05) is 0 Å². The lowest BCUT2D eigenvalue weighted by molar-refractivity contribution is 0.656. The quantitative estimate of drug-likeness (QED) is 0.196. The standard InChI is InChI=1S/C45H26N2O2/c1-5-19-37-35(17-1)41(42-36-18-4-8-22-40(36)49-45(42)46-37)29-13-9-11-27(25-29)28-12-10-14-30(26-28)47-38-20-6-2-15-31(38)33-23-24-34-32-16-3-7-21-39(32)48-44(34)43(33)47/h1-26H. The predicted octanol–water partition coefficient (Wildman–Crippen LogP) is 12.5. The molecule has 0 radical (unpaired) electrons. The molecule has 0 bridgehead atoms. The minimum absolute atomic E-state index is 0.658. The van der Waals surface area contributed by atoms with Crippen LogP contribution in [0.1, 0.15) is 0 Å². The molecule has 0 spiro atoms. The summed E-state index contributed by atoms with van der Waals surface area (Å²) in [4.78, 5) is 4.93. The molecule has 4 heteroatoms. The molecule has 11 rings (SSSR count). The number of fused-ring (bicyclic) bond motifs is 11. The molecular weight excluding hydrogens is 601 g/mol. The van der Waals surface area contributed by atoms with Gasteiger partial charge in [-0.3, -0.25) is 0 Å². The zero-order valence-corrected chi connectivity index (χ0v) is 26.2. The zero-order valence-electron chi connectivity index (χ0n) is 26.2. The SMILES string of the molecule is c1cc(-c2cccc(-n3c4ccccc4c4ccc5c6ccccc6oc5c43)c2)cc(-c2c3ccccc3nc3oc4ccccc4c23)c1. The summed E-state index contributed by atoms with van der Waals surface area (Å²) in [5, 5.41) is 7.85. The number of para-hydroxylation sites is 4. The third kappa shape index (κ3) is 3.77. The molecule has 0 unspecified atom stereocenters. The van der Waals surface area contributed by atoms with Gasteiger partial charge in [0.1, 0.15) is 11.2 Å². The summed E-state index contributed by atoms with van der Waals surface area (Å²) in [5.74, 6) is 0. The van der Waals surface area contributed by atoms with Gasteiger partial charge in [0.25, 0.3) is 0 Å². The average Bonchev–Trinajstić information content (AvgIpc) is 3.83. The van der Waals surface area contributed by atoms with Crippen LogP contribution in [-0.2, 0) is 0 Å². The lowest BCUT2D eigenvalue weighted by atomic mass is 9.93. The van der Waals surface area contributed by atoms with Gasteiger partial charge >= 0.3 is 0 Å². The van der Waals surface area contributed by atoms with Crippen molar-refractivity contribution in [2.45, 2.75) is 0 Å². The van der Waals surface area contributed by atoms with Crippen molar-refractivity contribution in [3.05, 3.63) is 158 Å². The third-order valence-electron chi connectivity index (χ3n) is 9.99. The van der Waals surface area contributed by atoms with E-state index in [0.29, 0.717) is 5.71 Å². The van der Waals surface area contributed by atoms with Crippen LogP contribution in [0.15, 0.2) is 167 Å². The van der Waals surface area contributed by atoms with Crippen molar-refractivity contribution >= 4 is 76.7 Å². The van der Waals surface area contributed by atoms with Gasteiger partial charge in [0.15, 0.2) is 5.58 Å². The van der Waals surface area contributed by atoms with E-state index in [2.05, 4.69) is 132 Å². The summed E-state index contributed by atoms with van der Waals surface area (Å²) in [5.41, 5.74) is 12.1. The van der Waals surface area contributed by atoms with Crippen LogP contribution >= 0.6 is 0 Å². The molecule has 4 heterocycles. The maximum Gasteiger partial charge on any atom is 0.228 e. The van der Waals surface area contributed by atoms with Crippen molar-refractivity contribution in [1.82, 2.24) is 9.55 Å². The Morgan fingerprint density at radius 1 is 0.449 bits per heavy atom. The highest BCUT2D eigenvalue weighted by molar-refractivity contribution is 6.22. The van der Waals surface area contributed by atoms with Crippen LogP contribution in [0.2, 0.25) is 0 Å². The van der Waals surface area contributed by atoms with Crippen LogP contribution < -0.4 is 0 Å². The summed E-state index contributed by atoms with van der Waals surface area (Å²) in [7, 11) is 0. The van der Waals surface area contributed by atoms with E-state index < -0.39 is 0 Å². The van der Waals surface area contributed by atoms with E-state index in [-0.39, 0.29) is 0 Å². The second kappa shape index (κ2) is 9.93. The number of rotatable bonds is 3. The third-order valence-corrected chi connectivity index (χ3v) is 9.99. The number of pyridine rings is 1. The Kier molecular flexibility index (Phi) is 5.35. The Bertz CT molecular complexity index is 3120. The van der Waals surface area contributed by atoms with Crippen LogP contribution in [0.4, 0.5) is 0 Å². The summed E-state index contributed by atoms with van der Waals surface area (Å²) < 4.78 is 15.3. The Morgan fingerprint density at radius 3 is 1.98 bits per heavy atom. The maximum atomic E-state index is 6.60. The van der Waals surface area contributed by atoms with Crippen molar-refractivity contribution in [1.29, 1.82) is 0 Å². The summed E-state index contributed by atoms with van der Waals surface area (Å²) in [6.07, 6.45) is 0. The van der Waals surface area contributed by atoms with Crippen LogP contribution in [0.5, 0.6) is 0 Å². The van der Waals surface area contributed by atoms with E-state index in [1.165, 1.54) is 10.8 Å². The second-order valence-electron chi connectivity index (χ2n) is 12.7. The molecule has 7 aromatic carbocycles. The molecule has 4 nitrogen and oxygen atoms in total. The van der Waals surface area contributed by atoms with E-state index in [1.807, 2.05) is 30.3 Å². The summed E-state index contributed by atoms with van der Waals surface area (Å²) in [6, 6.07) is 55.6. The molecule has 0 fully saturated rings. The zero-order chi connectivity index (χ0) is 32.1. The Labute approximate surface area is 280 Å². The smallest absolute Gasteiger partial charge is 0.228 e. The van der Waals surface area contributed by atoms with E-state index in [1.54, 1.807) is 0 Å². The van der Waals surface area contributed by atoms with Gasteiger partial charge in [-0.25, -0.2) is 4.98 Å². The first kappa shape index (κ1) is 26.4. The fourth-order valence-electron chi connectivity index (χ4n) is 7.86. The second-order valence-corrected chi connectivity index (χ2v) is 12.7. The monoisotopic (exact) mass is 626 g/mol. The summed E-state index contributed by atoms with van der Waals surface area (Å²) in [6.45, 7) is 0. The predicted molar refractivity (Wildman–Crippen MR) is 202 cm³/mol. The Hall–Kier alpha value is -6.65. The van der Waals surface area contributed by atoms with Gasteiger partial charge < -0.3 is 13.4 Å². The van der Waals surface area contributed by atoms with Gasteiger partial charge in [0.2, 0.25) is 5.71 Å². The van der Waals surface area contributed by atoms with E-state index in [4.69, 9.17) is 13.8 Å². The molecule has 0 amide bonds. The highest BCUT2D eigenvalue weighted by Crippen LogP contribution is 2.43. The molecule has 11 aromatic rings. The fourth-order valence-corrected chi connectivity index (χ4v) is 7.86. The van der Waals surface area contributed by atoms with Crippen molar-refractivity contribution < 1.29 is 8.83 Å². The van der Waals surface area contributed by atoms with Crippen LogP contribution in [-0.4, -0.2) is 9.55 Å². The lowest BCUT2D eigenvalue weighted by Gasteiger charge is -2.13. The minimum Gasteiger partial charge on any atom is -0.454 e. The Balaban J connectivity index is 1.15. The number of hydrogen-bond donors (Lipinski definition) is 0. The molecule has 49 heavy (non-hydrogen) atoms. The first-order valence-corrected chi connectivity index (χ1v) is 16.5. The van der Waals surface area contributed by atoms with E-state index in [9.17, 15) is 0 Å². The van der Waals surface area contributed by atoms with Crippen molar-refractivity contribution in [2.24, 2.45) is 0 Å².